The van der Waals surface area contributed by atoms with Gasteiger partial charge in [-0.1, -0.05) is 17.7 Å². The molecule has 0 unspecified atom stereocenters. The molecule has 7 heteroatoms. The van der Waals surface area contributed by atoms with Crippen LogP contribution in [-0.4, -0.2) is 28.5 Å². The van der Waals surface area contributed by atoms with Crippen LogP contribution < -0.4 is 10.9 Å². The van der Waals surface area contributed by atoms with E-state index in [0.29, 0.717) is 25.4 Å². The monoisotopic (exact) mass is 308 g/mol. The molecule has 21 heavy (non-hydrogen) atoms. The van der Waals surface area contributed by atoms with Crippen LogP contribution in [0.4, 0.5) is 5.69 Å². The highest BCUT2D eigenvalue weighted by atomic mass is 35.5. The van der Waals surface area contributed by atoms with Gasteiger partial charge in [0.1, 0.15) is 5.02 Å². The topological polar surface area (TPSA) is 69.0 Å². The summed E-state index contributed by atoms with van der Waals surface area (Å²) in [6.45, 7) is 3.24. The lowest BCUT2D eigenvalue weighted by atomic mass is 10.2. The quantitative estimate of drug-likeness (QED) is 0.882. The van der Waals surface area contributed by atoms with Crippen LogP contribution in [0.25, 0.3) is 0 Å². The average Bonchev–Trinajstić information content (AvgIpc) is 2.49. The van der Waals surface area contributed by atoms with Gasteiger partial charge in [-0.15, -0.1) is 0 Å². The van der Waals surface area contributed by atoms with E-state index < -0.39 is 0 Å². The van der Waals surface area contributed by atoms with E-state index in [-0.39, 0.29) is 10.6 Å². The Bertz CT molecular complexity index is 672. The number of nitrogens with zero attached hydrogens (tertiary/aromatic N) is 3. The maximum Gasteiger partial charge on any atom is 0.287 e. The zero-order valence-corrected chi connectivity index (χ0v) is 12.7. The molecule has 0 spiro atoms. The maximum absolute atomic E-state index is 12.0. The van der Waals surface area contributed by atoms with Gasteiger partial charge in [-0.2, -0.15) is 5.10 Å². The third-order valence-electron chi connectivity index (χ3n) is 3.06. The second-order valence-corrected chi connectivity index (χ2v) is 4.89. The number of anilines is 1. The van der Waals surface area contributed by atoms with Crippen molar-refractivity contribution < 1.29 is 4.74 Å². The van der Waals surface area contributed by atoms with Crippen LogP contribution >= 0.6 is 11.6 Å². The van der Waals surface area contributed by atoms with E-state index in [1.807, 2.05) is 19.1 Å². The smallest absolute Gasteiger partial charge is 0.287 e. The van der Waals surface area contributed by atoms with E-state index in [9.17, 15) is 4.79 Å². The SMILES string of the molecule is COCCn1ncc(NCc2ncccc2C)c(Cl)c1=O. The van der Waals surface area contributed by atoms with Crippen molar-refractivity contribution in [2.45, 2.75) is 20.0 Å². The highest BCUT2D eigenvalue weighted by molar-refractivity contribution is 6.32. The van der Waals surface area contributed by atoms with E-state index >= 15 is 0 Å². The fourth-order valence-corrected chi connectivity index (χ4v) is 2.02. The van der Waals surface area contributed by atoms with Gasteiger partial charge in [0, 0.05) is 13.3 Å². The van der Waals surface area contributed by atoms with Gasteiger partial charge in [0.05, 0.1) is 37.3 Å². The van der Waals surface area contributed by atoms with Gasteiger partial charge >= 0.3 is 0 Å². The number of hydrogen-bond acceptors (Lipinski definition) is 5. The first-order valence-corrected chi connectivity index (χ1v) is 6.90. The molecule has 0 aromatic carbocycles. The molecule has 112 valence electrons. The van der Waals surface area contributed by atoms with Crippen molar-refractivity contribution in [3.63, 3.8) is 0 Å². The molecule has 0 fully saturated rings. The molecule has 0 saturated carbocycles. The first-order valence-electron chi connectivity index (χ1n) is 6.52. The predicted octanol–water partition coefficient (Wildman–Crippen LogP) is 1.86. The zero-order chi connectivity index (χ0) is 15.2. The highest BCUT2D eigenvalue weighted by Gasteiger charge is 2.09. The van der Waals surface area contributed by atoms with Crippen molar-refractivity contribution in [3.8, 4) is 0 Å². The fraction of sp³-hybridized carbons (Fsp3) is 0.357. The summed E-state index contributed by atoms with van der Waals surface area (Å²) in [4.78, 5) is 16.3. The Morgan fingerprint density at radius 3 is 3.00 bits per heavy atom. The molecule has 2 aromatic heterocycles. The molecule has 0 aliphatic rings. The first kappa shape index (κ1) is 15.5. The molecule has 0 amide bonds. The average molecular weight is 309 g/mol. The lowest BCUT2D eigenvalue weighted by molar-refractivity contribution is 0.182. The Balaban J connectivity index is 2.13. The number of methoxy groups -OCH3 is 1. The number of rotatable bonds is 6. The van der Waals surface area contributed by atoms with Crippen LogP contribution in [0.5, 0.6) is 0 Å². The summed E-state index contributed by atoms with van der Waals surface area (Å²) < 4.78 is 6.20. The number of pyridine rings is 1. The third kappa shape index (κ3) is 3.80. The molecule has 6 nitrogen and oxygen atoms in total. The molecule has 0 aliphatic carbocycles. The number of halogens is 1. The van der Waals surface area contributed by atoms with Gasteiger partial charge < -0.3 is 10.1 Å². The Morgan fingerprint density at radius 1 is 1.48 bits per heavy atom. The second-order valence-electron chi connectivity index (χ2n) is 4.51. The summed E-state index contributed by atoms with van der Waals surface area (Å²) in [6, 6.07) is 3.86. The number of aromatic nitrogens is 3. The van der Waals surface area contributed by atoms with Crippen molar-refractivity contribution in [3.05, 3.63) is 51.2 Å². The summed E-state index contributed by atoms with van der Waals surface area (Å²) in [5.41, 5.74) is 2.14. The first-order chi connectivity index (χ1) is 10.1. The van der Waals surface area contributed by atoms with Crippen LogP contribution in [0, 0.1) is 6.92 Å². The van der Waals surface area contributed by atoms with Crippen LogP contribution in [0.1, 0.15) is 11.3 Å². The van der Waals surface area contributed by atoms with Gasteiger partial charge in [0.2, 0.25) is 0 Å². The second kappa shape index (κ2) is 7.19. The Kier molecular flexibility index (Phi) is 5.30. The number of ether oxygens (including phenoxy) is 1. The Morgan fingerprint density at radius 2 is 2.29 bits per heavy atom. The molecule has 2 rings (SSSR count). The number of nitrogens with one attached hydrogen (secondary N) is 1. The zero-order valence-electron chi connectivity index (χ0n) is 12.0. The lowest BCUT2D eigenvalue weighted by Gasteiger charge is -2.10. The van der Waals surface area contributed by atoms with Gasteiger partial charge in [0.15, 0.2) is 0 Å². The van der Waals surface area contributed by atoms with Crippen molar-refractivity contribution in [2.75, 3.05) is 19.0 Å². The minimum atomic E-state index is -0.337. The molecule has 0 radical (unpaired) electrons. The highest BCUT2D eigenvalue weighted by Crippen LogP contribution is 2.16. The molecule has 2 heterocycles. The van der Waals surface area contributed by atoms with Crippen molar-refractivity contribution in [1.82, 2.24) is 14.8 Å². The predicted molar refractivity (Wildman–Crippen MR) is 81.7 cm³/mol. The third-order valence-corrected chi connectivity index (χ3v) is 3.42. The molecule has 0 aliphatic heterocycles. The van der Waals surface area contributed by atoms with E-state index in [1.165, 1.54) is 10.9 Å². The molecule has 1 N–H and O–H groups in total. The van der Waals surface area contributed by atoms with E-state index in [4.69, 9.17) is 16.3 Å². The minimum Gasteiger partial charge on any atom is -0.383 e. The fourth-order valence-electron chi connectivity index (χ4n) is 1.81. The molecule has 2 aromatic rings. The molecule has 0 saturated heterocycles. The normalized spacial score (nSPS) is 10.6. The van der Waals surface area contributed by atoms with Crippen LogP contribution in [-0.2, 0) is 17.8 Å². The summed E-state index contributed by atoms with van der Waals surface area (Å²) in [6.07, 6.45) is 3.27. The van der Waals surface area contributed by atoms with Gasteiger partial charge in [-0.05, 0) is 18.6 Å². The number of hydrogen-bond donors (Lipinski definition) is 1. The Hall–Kier alpha value is -1.92. The van der Waals surface area contributed by atoms with Crippen molar-refractivity contribution in [2.24, 2.45) is 0 Å². The van der Waals surface area contributed by atoms with Gasteiger partial charge in [-0.3, -0.25) is 9.78 Å². The Labute approximate surface area is 127 Å². The largest absolute Gasteiger partial charge is 0.383 e. The van der Waals surface area contributed by atoms with Crippen LogP contribution in [0.2, 0.25) is 5.02 Å². The van der Waals surface area contributed by atoms with Crippen molar-refractivity contribution >= 4 is 17.3 Å². The van der Waals surface area contributed by atoms with E-state index in [2.05, 4.69) is 15.4 Å². The van der Waals surface area contributed by atoms with E-state index in [0.717, 1.165) is 11.3 Å². The van der Waals surface area contributed by atoms with Gasteiger partial charge in [-0.25, -0.2) is 4.68 Å². The van der Waals surface area contributed by atoms with Gasteiger partial charge in [0.25, 0.3) is 5.56 Å². The molecular formula is C14H17ClN4O2. The van der Waals surface area contributed by atoms with Crippen LogP contribution in [0.3, 0.4) is 0 Å². The molecule has 0 bridgehead atoms. The molecular weight excluding hydrogens is 292 g/mol. The maximum atomic E-state index is 12.0. The summed E-state index contributed by atoms with van der Waals surface area (Å²) in [5, 5.41) is 7.28. The summed E-state index contributed by atoms with van der Waals surface area (Å²) in [7, 11) is 1.57. The van der Waals surface area contributed by atoms with E-state index in [1.54, 1.807) is 13.3 Å². The summed E-state index contributed by atoms with van der Waals surface area (Å²) in [5.74, 6) is 0. The molecule has 0 atom stereocenters. The standard InChI is InChI=1S/C14H17ClN4O2/c1-10-4-3-5-16-11(10)8-17-12-9-18-19(6-7-21-2)14(20)13(12)15/h3-5,9,17H,6-8H2,1-2H3. The van der Waals surface area contributed by atoms with Crippen LogP contribution in [0.15, 0.2) is 29.3 Å². The number of aryl methyl sites for hydroxylation is 1. The minimum absolute atomic E-state index is 0.120. The lowest BCUT2D eigenvalue weighted by Crippen LogP contribution is -2.26. The summed E-state index contributed by atoms with van der Waals surface area (Å²) >= 11 is 6.09. The van der Waals surface area contributed by atoms with Crippen molar-refractivity contribution in [1.29, 1.82) is 0 Å².